The Morgan fingerprint density at radius 1 is 1.06 bits per heavy atom. The van der Waals surface area contributed by atoms with Crippen LogP contribution in [0, 0.1) is 11.6 Å². The fraction of sp³-hybridized carbons (Fsp3) is 0.391. The molecule has 0 spiro atoms. The Labute approximate surface area is 198 Å². The first-order valence-electron chi connectivity index (χ1n) is 11.2. The van der Waals surface area contributed by atoms with Crippen LogP contribution in [0.1, 0.15) is 43.7 Å². The smallest absolute Gasteiger partial charge is 0.323 e. The second kappa shape index (κ2) is 10.3. The van der Waals surface area contributed by atoms with Gasteiger partial charge in [-0.3, -0.25) is 18.6 Å². The maximum absolute atomic E-state index is 13.9. The predicted molar refractivity (Wildman–Crippen MR) is 125 cm³/mol. The third-order valence-corrected chi connectivity index (χ3v) is 5.91. The Kier molecular flexibility index (Phi) is 7.26. The minimum absolute atomic E-state index is 0.0301. The SMILES string of the molecule is CCCCCn1c(=O)n(CCCc2cnn(Cc3c(F)cccc3F)c2)c(=O)c2[nH]c(Cl)nc21. The molecule has 0 amide bonds. The van der Waals surface area contributed by atoms with Gasteiger partial charge in [0.05, 0.1) is 12.7 Å². The van der Waals surface area contributed by atoms with Gasteiger partial charge in [-0.15, -0.1) is 0 Å². The van der Waals surface area contributed by atoms with Gasteiger partial charge in [0.25, 0.3) is 5.56 Å². The molecule has 3 aromatic heterocycles. The molecule has 0 radical (unpaired) electrons. The molecule has 0 aliphatic carbocycles. The molecule has 0 bridgehead atoms. The number of H-pyrrole nitrogens is 1. The van der Waals surface area contributed by atoms with Crippen LogP contribution in [0.3, 0.4) is 0 Å². The van der Waals surface area contributed by atoms with E-state index in [2.05, 4.69) is 22.0 Å². The molecule has 180 valence electrons. The molecule has 0 atom stereocenters. The summed E-state index contributed by atoms with van der Waals surface area (Å²) >= 11 is 5.97. The van der Waals surface area contributed by atoms with Crippen LogP contribution in [0.15, 0.2) is 40.2 Å². The highest BCUT2D eigenvalue weighted by Gasteiger charge is 2.17. The Hall–Kier alpha value is -3.27. The number of nitrogens with one attached hydrogen (secondary N) is 1. The minimum Gasteiger partial charge on any atom is -0.323 e. The molecule has 1 aromatic carbocycles. The van der Waals surface area contributed by atoms with Gasteiger partial charge in [0.15, 0.2) is 11.2 Å². The van der Waals surface area contributed by atoms with E-state index in [4.69, 9.17) is 11.6 Å². The lowest BCUT2D eigenvalue weighted by Crippen LogP contribution is -2.40. The number of aromatic nitrogens is 6. The quantitative estimate of drug-likeness (QED) is 0.270. The van der Waals surface area contributed by atoms with Crippen molar-refractivity contribution in [3.05, 3.63) is 79.5 Å². The van der Waals surface area contributed by atoms with Gasteiger partial charge < -0.3 is 4.98 Å². The van der Waals surface area contributed by atoms with Crippen LogP contribution < -0.4 is 11.2 Å². The largest absolute Gasteiger partial charge is 0.332 e. The first-order valence-corrected chi connectivity index (χ1v) is 11.6. The number of benzene rings is 1. The summed E-state index contributed by atoms with van der Waals surface area (Å²) in [6, 6.07) is 3.73. The van der Waals surface area contributed by atoms with Crippen molar-refractivity contribution >= 4 is 22.8 Å². The van der Waals surface area contributed by atoms with E-state index in [1.165, 1.54) is 32.0 Å². The molecule has 3 heterocycles. The second-order valence-corrected chi connectivity index (χ2v) is 8.53. The summed E-state index contributed by atoms with van der Waals surface area (Å²) in [6.45, 7) is 2.69. The number of aryl methyl sites for hydroxylation is 2. The fourth-order valence-corrected chi connectivity index (χ4v) is 4.14. The molecule has 1 N–H and O–H groups in total. The van der Waals surface area contributed by atoms with Crippen LogP contribution >= 0.6 is 11.6 Å². The monoisotopic (exact) mass is 490 g/mol. The average Bonchev–Trinajstić information content (AvgIpc) is 3.42. The first kappa shape index (κ1) is 23.9. The van der Waals surface area contributed by atoms with Gasteiger partial charge in [0.1, 0.15) is 11.6 Å². The van der Waals surface area contributed by atoms with Crippen molar-refractivity contribution in [1.29, 1.82) is 0 Å². The van der Waals surface area contributed by atoms with Crippen LogP contribution in [0.2, 0.25) is 5.28 Å². The predicted octanol–water partition coefficient (Wildman–Crippen LogP) is 3.89. The van der Waals surface area contributed by atoms with Crippen molar-refractivity contribution in [3.63, 3.8) is 0 Å². The summed E-state index contributed by atoms with van der Waals surface area (Å²) < 4.78 is 31.9. The first-order chi connectivity index (χ1) is 16.4. The molecule has 0 aliphatic heterocycles. The van der Waals surface area contributed by atoms with Gasteiger partial charge in [-0.2, -0.15) is 10.1 Å². The van der Waals surface area contributed by atoms with E-state index in [0.29, 0.717) is 19.4 Å². The van der Waals surface area contributed by atoms with Gasteiger partial charge in [0.2, 0.25) is 5.28 Å². The summed E-state index contributed by atoms with van der Waals surface area (Å²) in [4.78, 5) is 32.8. The van der Waals surface area contributed by atoms with Crippen molar-refractivity contribution < 1.29 is 8.78 Å². The topological polar surface area (TPSA) is 90.5 Å². The molecule has 8 nitrogen and oxygen atoms in total. The van der Waals surface area contributed by atoms with Gasteiger partial charge in [-0.1, -0.05) is 25.8 Å². The number of aromatic amines is 1. The summed E-state index contributed by atoms with van der Waals surface area (Å²) in [6.07, 6.45) is 7.08. The third kappa shape index (κ3) is 4.96. The van der Waals surface area contributed by atoms with E-state index in [0.717, 1.165) is 24.8 Å². The lowest BCUT2D eigenvalue weighted by molar-refractivity contribution is 0.525. The average molecular weight is 491 g/mol. The maximum atomic E-state index is 13.9. The van der Waals surface area contributed by atoms with Gasteiger partial charge in [0, 0.05) is 24.8 Å². The van der Waals surface area contributed by atoms with E-state index < -0.39 is 22.9 Å². The van der Waals surface area contributed by atoms with Crippen molar-refractivity contribution in [1.82, 2.24) is 28.9 Å². The van der Waals surface area contributed by atoms with Crippen LogP contribution in [-0.2, 0) is 26.1 Å². The zero-order valence-corrected chi connectivity index (χ0v) is 19.5. The summed E-state index contributed by atoms with van der Waals surface area (Å²) in [5, 5.41) is 4.24. The van der Waals surface area contributed by atoms with E-state index in [1.807, 2.05) is 0 Å². The van der Waals surface area contributed by atoms with E-state index >= 15 is 0 Å². The molecular weight excluding hydrogens is 466 g/mol. The van der Waals surface area contributed by atoms with Crippen molar-refractivity contribution in [2.24, 2.45) is 0 Å². The molecule has 4 aromatic rings. The Balaban J connectivity index is 1.49. The number of hydrogen-bond acceptors (Lipinski definition) is 4. The fourth-order valence-electron chi connectivity index (χ4n) is 3.97. The zero-order valence-electron chi connectivity index (χ0n) is 18.7. The highest BCUT2D eigenvalue weighted by atomic mass is 35.5. The molecule has 0 saturated carbocycles. The number of imidazole rings is 1. The Morgan fingerprint density at radius 2 is 1.79 bits per heavy atom. The number of halogens is 3. The second-order valence-electron chi connectivity index (χ2n) is 8.17. The minimum atomic E-state index is -0.624. The highest BCUT2D eigenvalue weighted by Crippen LogP contribution is 2.14. The lowest BCUT2D eigenvalue weighted by Gasteiger charge is -2.11. The number of nitrogens with zero attached hydrogens (tertiary/aromatic N) is 5. The third-order valence-electron chi connectivity index (χ3n) is 5.73. The number of fused-ring (bicyclic) bond motifs is 1. The molecule has 0 saturated heterocycles. The van der Waals surface area contributed by atoms with E-state index in [-0.39, 0.29) is 35.1 Å². The highest BCUT2D eigenvalue weighted by molar-refractivity contribution is 6.28. The van der Waals surface area contributed by atoms with Gasteiger partial charge >= 0.3 is 5.69 Å². The molecule has 0 aliphatic rings. The Bertz CT molecular complexity index is 1400. The molecule has 0 fully saturated rings. The number of rotatable bonds is 10. The van der Waals surface area contributed by atoms with Crippen molar-refractivity contribution in [2.45, 2.75) is 58.7 Å². The summed E-state index contributed by atoms with van der Waals surface area (Å²) in [7, 11) is 0. The Morgan fingerprint density at radius 3 is 2.53 bits per heavy atom. The summed E-state index contributed by atoms with van der Waals surface area (Å²) in [5.74, 6) is -1.25. The number of hydrogen-bond donors (Lipinski definition) is 1. The van der Waals surface area contributed by atoms with Crippen molar-refractivity contribution in [3.8, 4) is 0 Å². The maximum Gasteiger partial charge on any atom is 0.332 e. The van der Waals surface area contributed by atoms with Crippen LogP contribution in [-0.4, -0.2) is 28.9 Å². The van der Waals surface area contributed by atoms with Gasteiger partial charge in [-0.25, -0.2) is 13.6 Å². The van der Waals surface area contributed by atoms with E-state index in [1.54, 1.807) is 12.4 Å². The molecule has 4 rings (SSSR count). The number of unbranched alkanes of at least 4 members (excludes halogenated alkanes) is 2. The standard InChI is InChI=1S/C23H25ClF2N6O2/c1-2-3-4-10-31-20-19(28-22(24)29-20)21(33)32(23(31)34)11-6-7-15-12-27-30(13-15)14-16-17(25)8-5-9-18(16)26/h5,8-9,12-13H,2-4,6-7,10-11,14H2,1H3,(H,28,29). The molecule has 34 heavy (non-hydrogen) atoms. The zero-order chi connectivity index (χ0) is 24.2. The molecular formula is C23H25ClF2N6O2. The van der Waals surface area contributed by atoms with Crippen molar-refractivity contribution in [2.75, 3.05) is 0 Å². The van der Waals surface area contributed by atoms with Crippen LogP contribution in [0.5, 0.6) is 0 Å². The molecule has 0 unspecified atom stereocenters. The van der Waals surface area contributed by atoms with E-state index in [9.17, 15) is 18.4 Å². The van der Waals surface area contributed by atoms with Gasteiger partial charge in [-0.05, 0) is 48.6 Å². The summed E-state index contributed by atoms with van der Waals surface area (Å²) in [5.41, 5.74) is 0.381. The van der Waals surface area contributed by atoms with Crippen LogP contribution in [0.25, 0.3) is 11.2 Å². The van der Waals surface area contributed by atoms with Crippen LogP contribution in [0.4, 0.5) is 8.78 Å². The molecule has 11 heteroatoms. The normalized spacial score (nSPS) is 11.5. The lowest BCUT2D eigenvalue weighted by atomic mass is 10.2.